The highest BCUT2D eigenvalue weighted by atomic mass is 15.2. The smallest absolute Gasteiger partial charge is 0.0192 e. The average molecular weight is 254 g/mol. The van der Waals surface area contributed by atoms with Crippen molar-refractivity contribution in [2.75, 3.05) is 26.2 Å². The molecule has 0 amide bonds. The van der Waals surface area contributed by atoms with Crippen molar-refractivity contribution >= 4 is 0 Å². The van der Waals surface area contributed by atoms with Crippen LogP contribution in [0.3, 0.4) is 0 Å². The lowest BCUT2D eigenvalue weighted by Gasteiger charge is -2.36. The van der Waals surface area contributed by atoms with E-state index in [-0.39, 0.29) is 0 Å². The van der Waals surface area contributed by atoms with Crippen molar-refractivity contribution in [1.82, 2.24) is 10.2 Å². The quantitative estimate of drug-likeness (QED) is 0.632. The Morgan fingerprint density at radius 2 is 1.83 bits per heavy atom. The Hall–Kier alpha value is -0.0800. The zero-order chi connectivity index (χ0) is 13.2. The van der Waals surface area contributed by atoms with Crippen molar-refractivity contribution in [3.63, 3.8) is 0 Å². The van der Waals surface area contributed by atoms with Crippen molar-refractivity contribution in [2.24, 2.45) is 5.92 Å². The number of hydrogen-bond donors (Lipinski definition) is 1. The molecule has 2 heteroatoms. The fourth-order valence-corrected chi connectivity index (χ4v) is 3.03. The summed E-state index contributed by atoms with van der Waals surface area (Å²) in [6.07, 6.45) is 9.67. The molecule has 108 valence electrons. The minimum absolute atomic E-state index is 0.717. The zero-order valence-corrected chi connectivity index (χ0v) is 12.9. The molecular weight excluding hydrogens is 220 g/mol. The van der Waals surface area contributed by atoms with E-state index in [9.17, 15) is 0 Å². The van der Waals surface area contributed by atoms with Gasteiger partial charge in [0.15, 0.2) is 0 Å². The van der Waals surface area contributed by atoms with Crippen LogP contribution in [0.25, 0.3) is 0 Å². The first-order valence-corrected chi connectivity index (χ1v) is 8.22. The molecule has 0 aliphatic carbocycles. The molecule has 1 unspecified atom stereocenters. The van der Waals surface area contributed by atoms with Crippen LogP contribution in [-0.4, -0.2) is 37.1 Å². The van der Waals surface area contributed by atoms with Gasteiger partial charge in [0.05, 0.1) is 0 Å². The van der Waals surface area contributed by atoms with Crippen molar-refractivity contribution in [1.29, 1.82) is 0 Å². The van der Waals surface area contributed by atoms with Gasteiger partial charge in [-0.2, -0.15) is 0 Å². The molecule has 1 atom stereocenters. The van der Waals surface area contributed by atoms with Gasteiger partial charge >= 0.3 is 0 Å². The maximum Gasteiger partial charge on any atom is 0.0192 e. The van der Waals surface area contributed by atoms with Gasteiger partial charge in [0.25, 0.3) is 0 Å². The molecule has 0 aromatic carbocycles. The first kappa shape index (κ1) is 16.0. The van der Waals surface area contributed by atoms with E-state index in [0.717, 1.165) is 5.92 Å². The van der Waals surface area contributed by atoms with Crippen molar-refractivity contribution < 1.29 is 0 Å². The van der Waals surface area contributed by atoms with Crippen LogP contribution in [0.1, 0.15) is 65.7 Å². The van der Waals surface area contributed by atoms with Crippen LogP contribution in [-0.2, 0) is 0 Å². The molecule has 2 nitrogen and oxygen atoms in total. The second-order valence-electron chi connectivity index (χ2n) is 6.03. The Morgan fingerprint density at radius 3 is 2.44 bits per heavy atom. The van der Waals surface area contributed by atoms with Gasteiger partial charge < -0.3 is 5.32 Å². The Kier molecular flexibility index (Phi) is 8.70. The van der Waals surface area contributed by atoms with E-state index < -0.39 is 0 Å². The minimum atomic E-state index is 0.717. The molecule has 18 heavy (non-hydrogen) atoms. The lowest BCUT2D eigenvalue weighted by Crippen LogP contribution is -2.44. The summed E-state index contributed by atoms with van der Waals surface area (Å²) >= 11 is 0. The molecular formula is C16H34N2. The minimum Gasteiger partial charge on any atom is -0.315 e. The molecule has 1 aliphatic heterocycles. The van der Waals surface area contributed by atoms with Crippen LogP contribution >= 0.6 is 0 Å². The monoisotopic (exact) mass is 254 g/mol. The van der Waals surface area contributed by atoms with Crippen LogP contribution in [0.2, 0.25) is 0 Å². The predicted molar refractivity (Wildman–Crippen MR) is 81.1 cm³/mol. The summed E-state index contributed by atoms with van der Waals surface area (Å²) in [4.78, 5) is 2.68. The molecule has 0 bridgehead atoms. The molecule has 1 rings (SSSR count). The molecule has 0 aromatic rings. The maximum atomic E-state index is 3.61. The van der Waals surface area contributed by atoms with Gasteiger partial charge in [-0.05, 0) is 51.7 Å². The lowest BCUT2D eigenvalue weighted by atomic mass is 9.92. The largest absolute Gasteiger partial charge is 0.315 e. The van der Waals surface area contributed by atoms with Gasteiger partial charge in [-0.25, -0.2) is 0 Å². The Morgan fingerprint density at radius 1 is 1.11 bits per heavy atom. The fraction of sp³-hybridized carbons (Fsp3) is 1.00. The fourth-order valence-electron chi connectivity index (χ4n) is 3.03. The molecule has 1 aliphatic rings. The first-order chi connectivity index (χ1) is 8.77. The average Bonchev–Trinajstić information content (AvgIpc) is 2.39. The van der Waals surface area contributed by atoms with Crippen LogP contribution in [0.4, 0.5) is 0 Å². The number of unbranched alkanes of at least 4 members (excludes halogenated alkanes) is 2. The number of hydrogen-bond acceptors (Lipinski definition) is 2. The van der Waals surface area contributed by atoms with Gasteiger partial charge in [-0.1, -0.05) is 39.5 Å². The summed E-state index contributed by atoms with van der Waals surface area (Å²) in [7, 11) is 0. The van der Waals surface area contributed by atoms with Gasteiger partial charge in [-0.3, -0.25) is 4.90 Å². The number of rotatable bonds is 9. The van der Waals surface area contributed by atoms with Gasteiger partial charge in [-0.15, -0.1) is 0 Å². The highest BCUT2D eigenvalue weighted by Crippen LogP contribution is 2.22. The van der Waals surface area contributed by atoms with Gasteiger partial charge in [0.1, 0.15) is 0 Å². The molecule has 1 N–H and O–H groups in total. The second kappa shape index (κ2) is 9.80. The SMILES string of the molecule is CCCCCNCC(C)N1CCC(CCC)CC1. The molecule has 1 saturated heterocycles. The van der Waals surface area contributed by atoms with Crippen molar-refractivity contribution in [3.8, 4) is 0 Å². The third-order valence-electron chi connectivity index (χ3n) is 4.37. The number of nitrogens with one attached hydrogen (secondary N) is 1. The third kappa shape index (κ3) is 6.19. The van der Waals surface area contributed by atoms with Crippen LogP contribution in [0, 0.1) is 5.92 Å². The molecule has 1 fully saturated rings. The predicted octanol–water partition coefficient (Wildman–Crippen LogP) is 3.67. The molecule has 0 saturated carbocycles. The zero-order valence-electron chi connectivity index (χ0n) is 12.9. The van der Waals surface area contributed by atoms with E-state index in [2.05, 4.69) is 31.0 Å². The summed E-state index contributed by atoms with van der Waals surface area (Å²) in [6, 6.07) is 0.717. The van der Waals surface area contributed by atoms with Crippen LogP contribution in [0.15, 0.2) is 0 Å². The van der Waals surface area contributed by atoms with Crippen molar-refractivity contribution in [2.45, 2.75) is 71.8 Å². The van der Waals surface area contributed by atoms with E-state index in [1.54, 1.807) is 0 Å². The molecule has 1 heterocycles. The lowest BCUT2D eigenvalue weighted by molar-refractivity contribution is 0.135. The third-order valence-corrected chi connectivity index (χ3v) is 4.37. The van der Waals surface area contributed by atoms with Crippen LogP contribution in [0.5, 0.6) is 0 Å². The van der Waals surface area contributed by atoms with Crippen LogP contribution < -0.4 is 5.32 Å². The topological polar surface area (TPSA) is 15.3 Å². The highest BCUT2D eigenvalue weighted by molar-refractivity contribution is 4.77. The second-order valence-corrected chi connectivity index (χ2v) is 6.03. The molecule has 0 radical (unpaired) electrons. The van der Waals surface area contributed by atoms with E-state index in [1.807, 2.05) is 0 Å². The van der Waals surface area contributed by atoms with E-state index in [4.69, 9.17) is 0 Å². The summed E-state index contributed by atoms with van der Waals surface area (Å²) < 4.78 is 0. The standard InChI is InChI=1S/C16H34N2/c1-4-6-7-11-17-14-15(3)18-12-9-16(8-5-2)10-13-18/h15-17H,4-14H2,1-3H3. The highest BCUT2D eigenvalue weighted by Gasteiger charge is 2.21. The Labute approximate surface area is 115 Å². The van der Waals surface area contributed by atoms with Gasteiger partial charge in [0, 0.05) is 12.6 Å². The summed E-state index contributed by atoms with van der Waals surface area (Å²) in [5, 5.41) is 3.61. The van der Waals surface area contributed by atoms with E-state index in [0.29, 0.717) is 6.04 Å². The van der Waals surface area contributed by atoms with Gasteiger partial charge in [0.2, 0.25) is 0 Å². The number of piperidine rings is 1. The van der Waals surface area contributed by atoms with E-state index in [1.165, 1.54) is 71.1 Å². The molecule has 0 aromatic heterocycles. The Bertz CT molecular complexity index is 186. The Balaban J connectivity index is 2.06. The first-order valence-electron chi connectivity index (χ1n) is 8.22. The number of likely N-dealkylation sites (tertiary alicyclic amines) is 1. The molecule has 0 spiro atoms. The summed E-state index contributed by atoms with van der Waals surface area (Å²) in [5.74, 6) is 1.01. The van der Waals surface area contributed by atoms with E-state index >= 15 is 0 Å². The number of nitrogens with zero attached hydrogens (tertiary/aromatic N) is 1. The normalized spacial score (nSPS) is 20.2. The summed E-state index contributed by atoms with van der Waals surface area (Å²) in [5.41, 5.74) is 0. The van der Waals surface area contributed by atoms with Crippen molar-refractivity contribution in [3.05, 3.63) is 0 Å². The maximum absolute atomic E-state index is 3.61. The summed E-state index contributed by atoms with van der Waals surface area (Å²) in [6.45, 7) is 12.0.